The SMILES string of the molecule is C/C=C(\C(O)=C/C)c1cc(NC(C)CC)n2ncc(Br)c2n1.C=C/C=c1/cccc/c1=C/CCC(C)=O.CC.CCC. The zero-order chi connectivity index (χ0) is 32.1. The summed E-state index contributed by atoms with van der Waals surface area (Å²) in [5, 5.41) is 20.2. The first-order valence-electron chi connectivity index (χ1n) is 14.9. The van der Waals surface area contributed by atoms with Crippen LogP contribution in [0.15, 0.2) is 71.6 Å². The first-order valence-corrected chi connectivity index (χ1v) is 15.7. The Morgan fingerprint density at radius 2 is 1.76 bits per heavy atom. The summed E-state index contributed by atoms with van der Waals surface area (Å²) in [5.41, 5.74) is 2.12. The number of nitrogens with one attached hydrogen (secondary N) is 1. The number of aliphatic hydroxyl groups is 1. The Balaban J connectivity index is 0.000000731. The standard InChI is InChI=1S/C16H21BrN4O.C14H16O.C3H8.C2H6/c1-5-10(4)19-15-8-13(11(6-2)14(22)7-3)20-16-12(17)9-18-21(15)16;1-3-7-13-9-4-5-10-14(13)11-6-8-12(2)15;1-3-2;1-2/h6-10,19,22H,5H2,1-4H3;3-5,7,9-11H,1,6,8H2,2H3;3H2,1-2H3;1-2H3/b11-6-,14-7+;13-7-,14-11-;;. The van der Waals surface area contributed by atoms with E-state index in [4.69, 9.17) is 0 Å². The molecule has 1 unspecified atom stereocenters. The number of carbonyl (C=O) groups excluding carboxylic acids is 1. The van der Waals surface area contributed by atoms with Crippen molar-refractivity contribution in [2.45, 2.75) is 94.0 Å². The molecule has 0 aliphatic carbocycles. The number of fused-ring (bicyclic) bond motifs is 1. The van der Waals surface area contributed by atoms with Gasteiger partial charge in [0.05, 0.1) is 16.4 Å². The van der Waals surface area contributed by atoms with Gasteiger partial charge in [-0.05, 0) is 73.0 Å². The van der Waals surface area contributed by atoms with Crippen molar-refractivity contribution in [1.82, 2.24) is 14.6 Å². The Bertz CT molecular complexity index is 1420. The number of nitrogens with zero attached hydrogens (tertiary/aromatic N) is 3. The molecule has 7 heteroatoms. The van der Waals surface area contributed by atoms with Gasteiger partial charge in [-0.3, -0.25) is 0 Å². The van der Waals surface area contributed by atoms with Gasteiger partial charge in [0.25, 0.3) is 0 Å². The summed E-state index contributed by atoms with van der Waals surface area (Å²) in [6.45, 7) is 21.5. The highest BCUT2D eigenvalue weighted by Crippen LogP contribution is 2.26. The molecule has 0 amide bonds. The fraction of sp³-hybridized carbons (Fsp3) is 0.400. The minimum Gasteiger partial charge on any atom is -0.508 e. The third-order valence-electron chi connectivity index (χ3n) is 5.70. The van der Waals surface area contributed by atoms with Crippen molar-refractivity contribution in [1.29, 1.82) is 0 Å². The van der Waals surface area contributed by atoms with Gasteiger partial charge in [-0.2, -0.15) is 9.61 Å². The van der Waals surface area contributed by atoms with Gasteiger partial charge in [0, 0.05) is 24.1 Å². The number of ketones is 1. The number of carbonyl (C=O) groups is 1. The van der Waals surface area contributed by atoms with E-state index in [1.165, 1.54) is 11.6 Å². The molecule has 42 heavy (non-hydrogen) atoms. The topological polar surface area (TPSA) is 79.5 Å². The molecular weight excluding hydrogens is 588 g/mol. The Hall–Kier alpha value is -3.45. The predicted molar refractivity (Wildman–Crippen MR) is 186 cm³/mol. The van der Waals surface area contributed by atoms with Gasteiger partial charge in [-0.25, -0.2) is 4.98 Å². The second kappa shape index (κ2) is 22.2. The summed E-state index contributed by atoms with van der Waals surface area (Å²) in [7, 11) is 0. The minimum atomic E-state index is 0.212. The maximum Gasteiger partial charge on any atom is 0.172 e. The van der Waals surface area contributed by atoms with E-state index < -0.39 is 0 Å². The molecule has 0 radical (unpaired) electrons. The molecule has 0 aliphatic heterocycles. The van der Waals surface area contributed by atoms with Gasteiger partial charge >= 0.3 is 0 Å². The summed E-state index contributed by atoms with van der Waals surface area (Å²) < 4.78 is 2.58. The van der Waals surface area contributed by atoms with Crippen molar-refractivity contribution >= 4 is 50.9 Å². The fourth-order valence-corrected chi connectivity index (χ4v) is 3.87. The van der Waals surface area contributed by atoms with Gasteiger partial charge in [-0.15, -0.1) is 0 Å². The first kappa shape index (κ1) is 38.6. The van der Waals surface area contributed by atoms with E-state index in [1.54, 1.807) is 36.7 Å². The minimum absolute atomic E-state index is 0.212. The maximum absolute atomic E-state index is 10.8. The van der Waals surface area contributed by atoms with Crippen molar-refractivity contribution in [2.24, 2.45) is 0 Å². The molecule has 2 aromatic heterocycles. The van der Waals surface area contributed by atoms with E-state index in [9.17, 15) is 9.90 Å². The zero-order valence-corrected chi connectivity index (χ0v) is 28.6. The third-order valence-corrected chi connectivity index (χ3v) is 6.26. The molecule has 0 aliphatic rings. The highest BCUT2D eigenvalue weighted by molar-refractivity contribution is 9.10. The lowest BCUT2D eigenvalue weighted by Gasteiger charge is -2.16. The lowest BCUT2D eigenvalue weighted by molar-refractivity contribution is -0.116. The molecule has 6 nitrogen and oxygen atoms in total. The molecular formula is C35H51BrN4O2. The van der Waals surface area contributed by atoms with E-state index in [0.29, 0.717) is 29.4 Å². The molecule has 2 N–H and O–H groups in total. The number of anilines is 1. The average molecular weight is 640 g/mol. The smallest absolute Gasteiger partial charge is 0.172 e. The van der Waals surface area contributed by atoms with Gasteiger partial charge < -0.3 is 15.2 Å². The summed E-state index contributed by atoms with van der Waals surface area (Å²) in [5.74, 6) is 1.30. The molecule has 0 bridgehead atoms. The molecule has 3 rings (SSSR count). The summed E-state index contributed by atoms with van der Waals surface area (Å²) in [6, 6.07) is 10.3. The van der Waals surface area contributed by atoms with Crippen LogP contribution in [0.1, 0.15) is 93.7 Å². The Morgan fingerprint density at radius 1 is 1.14 bits per heavy atom. The first-order chi connectivity index (χ1) is 20.2. The number of aromatic nitrogens is 3. The average Bonchev–Trinajstić information content (AvgIpc) is 3.36. The van der Waals surface area contributed by atoms with Crippen LogP contribution in [0.2, 0.25) is 0 Å². The van der Waals surface area contributed by atoms with Crippen molar-refractivity contribution in [3.05, 3.63) is 87.7 Å². The van der Waals surface area contributed by atoms with Crippen LogP contribution in [0.25, 0.3) is 23.4 Å². The van der Waals surface area contributed by atoms with Crippen LogP contribution in [0.5, 0.6) is 0 Å². The number of halogens is 1. The summed E-state index contributed by atoms with van der Waals surface area (Å²) in [6.07, 6.45) is 14.7. The molecule has 230 valence electrons. The molecule has 1 aromatic carbocycles. The van der Waals surface area contributed by atoms with Crippen LogP contribution in [-0.2, 0) is 4.79 Å². The van der Waals surface area contributed by atoms with Crippen molar-refractivity contribution in [3.8, 4) is 0 Å². The Labute approximate surface area is 261 Å². The van der Waals surface area contributed by atoms with Gasteiger partial charge in [0.15, 0.2) is 5.65 Å². The Kier molecular flexibility index (Phi) is 20.4. The molecule has 0 saturated heterocycles. The van der Waals surface area contributed by atoms with Crippen molar-refractivity contribution in [3.63, 3.8) is 0 Å². The van der Waals surface area contributed by atoms with Gasteiger partial charge in [0.2, 0.25) is 0 Å². The van der Waals surface area contributed by atoms with Crippen LogP contribution >= 0.6 is 15.9 Å². The quantitative estimate of drug-likeness (QED) is 0.181. The lowest BCUT2D eigenvalue weighted by Crippen LogP contribution is -2.23. The van der Waals surface area contributed by atoms with Crippen LogP contribution in [0.3, 0.4) is 0 Å². The summed E-state index contributed by atoms with van der Waals surface area (Å²) in [4.78, 5) is 15.4. The monoisotopic (exact) mass is 638 g/mol. The number of Topliss-reactive ketones (excluding diaryl/α,β-unsaturated/α-hetero) is 1. The zero-order valence-electron chi connectivity index (χ0n) is 27.0. The van der Waals surface area contributed by atoms with E-state index in [-0.39, 0.29) is 11.5 Å². The van der Waals surface area contributed by atoms with Crippen LogP contribution in [-0.4, -0.2) is 31.5 Å². The number of hydrogen-bond acceptors (Lipinski definition) is 5. The molecule has 0 spiro atoms. The highest BCUT2D eigenvalue weighted by atomic mass is 79.9. The predicted octanol–water partition coefficient (Wildman–Crippen LogP) is 8.81. The lowest BCUT2D eigenvalue weighted by atomic mass is 10.1. The van der Waals surface area contributed by atoms with Gasteiger partial charge in [-0.1, -0.05) is 96.2 Å². The fourth-order valence-electron chi connectivity index (χ4n) is 3.52. The van der Waals surface area contributed by atoms with Crippen LogP contribution in [0.4, 0.5) is 5.82 Å². The largest absolute Gasteiger partial charge is 0.508 e. The van der Waals surface area contributed by atoms with E-state index >= 15 is 0 Å². The van der Waals surface area contributed by atoms with E-state index in [1.807, 2.05) is 57.2 Å². The molecule has 0 saturated carbocycles. The Morgan fingerprint density at radius 3 is 2.29 bits per heavy atom. The molecule has 0 fully saturated rings. The second-order valence-corrected chi connectivity index (χ2v) is 10.1. The normalized spacial score (nSPS) is 12.7. The number of hydrogen-bond donors (Lipinski definition) is 2. The third kappa shape index (κ3) is 13.0. The number of benzene rings is 1. The highest BCUT2D eigenvalue weighted by Gasteiger charge is 2.15. The molecule has 1 atom stereocenters. The number of rotatable bonds is 9. The van der Waals surface area contributed by atoms with E-state index in [2.05, 4.69) is 77.7 Å². The van der Waals surface area contributed by atoms with Gasteiger partial charge in [0.1, 0.15) is 17.4 Å². The molecule has 2 heterocycles. The summed E-state index contributed by atoms with van der Waals surface area (Å²) >= 11 is 3.47. The second-order valence-electron chi connectivity index (χ2n) is 9.27. The van der Waals surface area contributed by atoms with Crippen LogP contribution in [0, 0.1) is 0 Å². The maximum atomic E-state index is 10.8. The number of aliphatic hydroxyl groups excluding tert-OH is 1. The van der Waals surface area contributed by atoms with Crippen molar-refractivity contribution < 1.29 is 9.90 Å². The number of allylic oxidation sites excluding steroid dienone is 4. The van der Waals surface area contributed by atoms with Crippen LogP contribution < -0.4 is 15.8 Å². The van der Waals surface area contributed by atoms with Crippen molar-refractivity contribution in [2.75, 3.05) is 5.32 Å². The molecule has 3 aromatic rings. The van der Waals surface area contributed by atoms with E-state index in [0.717, 1.165) is 28.4 Å².